The zero-order valence-electron chi connectivity index (χ0n) is 12.6. The van der Waals surface area contributed by atoms with E-state index in [1.54, 1.807) is 0 Å². The monoisotopic (exact) mass is 252 g/mol. The maximum absolute atomic E-state index is 12.3. The van der Waals surface area contributed by atoms with E-state index in [1.165, 1.54) is 24.8 Å². The lowest BCUT2D eigenvalue weighted by Crippen LogP contribution is -2.34. The summed E-state index contributed by atoms with van der Waals surface area (Å²) in [6.07, 6.45) is 7.05. The van der Waals surface area contributed by atoms with E-state index < -0.39 is 5.41 Å². The fourth-order valence-corrected chi connectivity index (χ4v) is 2.32. The van der Waals surface area contributed by atoms with Crippen LogP contribution in [0.1, 0.15) is 60.3 Å². The highest BCUT2D eigenvalue weighted by molar-refractivity contribution is 5.79. The molecule has 0 amide bonds. The molecule has 0 bridgehead atoms. The lowest BCUT2D eigenvalue weighted by Gasteiger charge is -2.30. The van der Waals surface area contributed by atoms with Crippen LogP contribution < -0.4 is 0 Å². The van der Waals surface area contributed by atoms with E-state index in [1.807, 2.05) is 26.8 Å². The second-order valence-electron chi connectivity index (χ2n) is 6.38. The summed E-state index contributed by atoms with van der Waals surface area (Å²) >= 11 is 0. The maximum Gasteiger partial charge on any atom is 0.315 e. The molecule has 1 rings (SSSR count). The average molecular weight is 252 g/mol. The number of hydrogen-bond acceptors (Lipinski definition) is 2. The Morgan fingerprint density at radius 3 is 2.39 bits per heavy atom. The number of carbonyl (C=O) groups excluding carboxylic acids is 1. The smallest absolute Gasteiger partial charge is 0.315 e. The summed E-state index contributed by atoms with van der Waals surface area (Å²) in [4.78, 5) is 12.3. The number of esters is 1. The van der Waals surface area contributed by atoms with Crippen molar-refractivity contribution in [2.45, 2.75) is 60.3 Å². The summed E-state index contributed by atoms with van der Waals surface area (Å²) < 4.78 is 5.49. The molecule has 0 saturated heterocycles. The lowest BCUT2D eigenvalue weighted by atomic mass is 9.78. The third kappa shape index (κ3) is 3.86. The van der Waals surface area contributed by atoms with Crippen LogP contribution in [0, 0.1) is 17.3 Å². The van der Waals surface area contributed by atoms with E-state index in [0.717, 1.165) is 12.3 Å². The van der Waals surface area contributed by atoms with Gasteiger partial charge in [0.25, 0.3) is 0 Å². The Balaban J connectivity index is 2.51. The third-order valence-corrected chi connectivity index (χ3v) is 4.21. The van der Waals surface area contributed by atoms with Gasteiger partial charge in [0.15, 0.2) is 0 Å². The first-order valence-electron chi connectivity index (χ1n) is 7.19. The van der Waals surface area contributed by atoms with Gasteiger partial charge in [-0.3, -0.25) is 4.79 Å². The Hall–Kier alpha value is -0.790. The van der Waals surface area contributed by atoms with Gasteiger partial charge in [0, 0.05) is 0 Å². The molecule has 1 atom stereocenters. The molecular weight excluding hydrogens is 224 g/mol. The van der Waals surface area contributed by atoms with Gasteiger partial charge in [0.2, 0.25) is 0 Å². The average Bonchev–Trinajstić information content (AvgIpc) is 2.19. The normalized spacial score (nSPS) is 19.0. The number of carbonyl (C=O) groups is 1. The Bertz CT molecular complexity index is 309. The molecule has 1 aliphatic carbocycles. The summed E-state index contributed by atoms with van der Waals surface area (Å²) in [7, 11) is 0. The van der Waals surface area contributed by atoms with E-state index in [-0.39, 0.29) is 11.9 Å². The SMILES string of the molecule is CC(C)=CC(C)(C(=O)OCCC1CCC1)C(C)C. The van der Waals surface area contributed by atoms with Gasteiger partial charge in [-0.25, -0.2) is 0 Å². The van der Waals surface area contributed by atoms with Crippen LogP contribution in [0.2, 0.25) is 0 Å². The molecule has 2 heteroatoms. The van der Waals surface area contributed by atoms with Gasteiger partial charge >= 0.3 is 5.97 Å². The van der Waals surface area contributed by atoms with E-state index in [4.69, 9.17) is 4.74 Å². The maximum atomic E-state index is 12.3. The zero-order chi connectivity index (χ0) is 13.8. The zero-order valence-corrected chi connectivity index (χ0v) is 12.6. The molecule has 0 spiro atoms. The molecule has 104 valence electrons. The molecule has 1 saturated carbocycles. The Morgan fingerprint density at radius 2 is 2.00 bits per heavy atom. The van der Waals surface area contributed by atoms with Crippen LogP contribution in [0.25, 0.3) is 0 Å². The summed E-state index contributed by atoms with van der Waals surface area (Å²) in [5.41, 5.74) is 0.681. The summed E-state index contributed by atoms with van der Waals surface area (Å²) in [5, 5.41) is 0. The van der Waals surface area contributed by atoms with Crippen molar-refractivity contribution in [3.8, 4) is 0 Å². The molecule has 0 N–H and O–H groups in total. The summed E-state index contributed by atoms with van der Waals surface area (Å²) in [6, 6.07) is 0. The molecule has 1 unspecified atom stereocenters. The van der Waals surface area contributed by atoms with Gasteiger partial charge in [-0.05, 0) is 39.0 Å². The van der Waals surface area contributed by atoms with E-state index in [9.17, 15) is 4.79 Å². The van der Waals surface area contributed by atoms with Crippen LogP contribution in [-0.2, 0) is 9.53 Å². The van der Waals surface area contributed by atoms with E-state index >= 15 is 0 Å². The van der Waals surface area contributed by atoms with Gasteiger partial charge in [0.05, 0.1) is 12.0 Å². The molecule has 1 fully saturated rings. The standard InChI is InChI=1S/C16H28O2/c1-12(2)11-16(5,13(3)4)15(17)18-10-9-14-7-6-8-14/h11,13-14H,6-10H2,1-5H3. The highest BCUT2D eigenvalue weighted by Crippen LogP contribution is 2.33. The van der Waals surface area contributed by atoms with Gasteiger partial charge in [-0.15, -0.1) is 0 Å². The van der Waals surface area contributed by atoms with Gasteiger partial charge in [-0.1, -0.05) is 44.8 Å². The largest absolute Gasteiger partial charge is 0.465 e. The predicted octanol–water partition coefficient (Wildman–Crippen LogP) is 4.35. The summed E-state index contributed by atoms with van der Waals surface area (Å²) in [6.45, 7) is 10.8. The van der Waals surface area contributed by atoms with Crippen LogP contribution in [0.3, 0.4) is 0 Å². The van der Waals surface area contributed by atoms with E-state index in [0.29, 0.717) is 6.61 Å². The van der Waals surface area contributed by atoms with Crippen LogP contribution in [0.4, 0.5) is 0 Å². The number of allylic oxidation sites excluding steroid dienone is 1. The second kappa shape index (κ2) is 6.40. The first-order valence-corrected chi connectivity index (χ1v) is 7.19. The van der Waals surface area contributed by atoms with Crippen molar-refractivity contribution < 1.29 is 9.53 Å². The van der Waals surface area contributed by atoms with Crippen molar-refractivity contribution in [1.29, 1.82) is 0 Å². The van der Waals surface area contributed by atoms with E-state index in [2.05, 4.69) is 13.8 Å². The molecule has 0 heterocycles. The molecule has 0 aromatic rings. The van der Waals surface area contributed by atoms with Crippen molar-refractivity contribution in [3.63, 3.8) is 0 Å². The molecule has 2 nitrogen and oxygen atoms in total. The molecular formula is C16H28O2. The van der Waals surface area contributed by atoms with Gasteiger partial charge in [-0.2, -0.15) is 0 Å². The van der Waals surface area contributed by atoms with Crippen LogP contribution in [0.5, 0.6) is 0 Å². The first-order chi connectivity index (χ1) is 8.36. The van der Waals surface area contributed by atoms with Gasteiger partial charge < -0.3 is 4.74 Å². The van der Waals surface area contributed by atoms with Crippen LogP contribution in [-0.4, -0.2) is 12.6 Å². The molecule has 0 aromatic heterocycles. The van der Waals surface area contributed by atoms with Crippen LogP contribution in [0.15, 0.2) is 11.6 Å². The molecule has 0 aliphatic heterocycles. The summed E-state index contributed by atoms with van der Waals surface area (Å²) in [5.74, 6) is 0.980. The van der Waals surface area contributed by atoms with Crippen LogP contribution >= 0.6 is 0 Å². The Morgan fingerprint density at radius 1 is 1.39 bits per heavy atom. The van der Waals surface area contributed by atoms with Crippen molar-refractivity contribution in [2.24, 2.45) is 17.3 Å². The third-order valence-electron chi connectivity index (χ3n) is 4.21. The van der Waals surface area contributed by atoms with Crippen molar-refractivity contribution in [3.05, 3.63) is 11.6 Å². The van der Waals surface area contributed by atoms with Crippen molar-refractivity contribution >= 4 is 5.97 Å². The second-order valence-corrected chi connectivity index (χ2v) is 6.38. The minimum Gasteiger partial charge on any atom is -0.465 e. The lowest BCUT2D eigenvalue weighted by molar-refractivity contribution is -0.154. The minimum absolute atomic E-state index is 0.0713. The minimum atomic E-state index is -0.488. The topological polar surface area (TPSA) is 26.3 Å². The Labute approximate surface area is 112 Å². The number of hydrogen-bond donors (Lipinski definition) is 0. The molecule has 1 aliphatic rings. The number of ether oxygens (including phenoxy) is 1. The highest BCUT2D eigenvalue weighted by Gasteiger charge is 2.36. The number of rotatable bonds is 6. The van der Waals surface area contributed by atoms with Crippen molar-refractivity contribution in [2.75, 3.05) is 6.61 Å². The predicted molar refractivity (Wildman–Crippen MR) is 75.3 cm³/mol. The van der Waals surface area contributed by atoms with Crippen molar-refractivity contribution in [1.82, 2.24) is 0 Å². The first kappa shape index (κ1) is 15.3. The Kier molecular flexibility index (Phi) is 5.43. The fourth-order valence-electron chi connectivity index (χ4n) is 2.32. The van der Waals surface area contributed by atoms with Gasteiger partial charge in [0.1, 0.15) is 0 Å². The highest BCUT2D eigenvalue weighted by atomic mass is 16.5. The molecule has 0 radical (unpaired) electrons. The molecule has 18 heavy (non-hydrogen) atoms. The fraction of sp³-hybridized carbons (Fsp3) is 0.812. The molecule has 0 aromatic carbocycles. The quantitative estimate of drug-likeness (QED) is 0.519.